The minimum Gasteiger partial charge on any atom is -0.369 e. The molecule has 0 bridgehead atoms. The van der Waals surface area contributed by atoms with Crippen LogP contribution in [0.15, 0.2) is 12.4 Å². The highest BCUT2D eigenvalue weighted by molar-refractivity contribution is 5.92. The molecule has 21 heavy (non-hydrogen) atoms. The van der Waals surface area contributed by atoms with Gasteiger partial charge in [0, 0.05) is 18.6 Å². The molecule has 1 heterocycles. The number of hydrogen-bond donors (Lipinski definition) is 2. The molecular weight excluding hydrogens is 266 g/mol. The second kappa shape index (κ2) is 6.85. The van der Waals surface area contributed by atoms with Crippen LogP contribution in [-0.4, -0.2) is 53.5 Å². The lowest BCUT2D eigenvalue weighted by Crippen LogP contribution is -2.50. The largest absolute Gasteiger partial charge is 0.369 e. The van der Waals surface area contributed by atoms with E-state index in [0.29, 0.717) is 18.1 Å². The second-order valence-electron chi connectivity index (χ2n) is 5.83. The fourth-order valence-corrected chi connectivity index (χ4v) is 2.89. The Kier molecular flexibility index (Phi) is 5.12. The highest BCUT2D eigenvalue weighted by Crippen LogP contribution is 2.33. The van der Waals surface area contributed by atoms with Crippen LogP contribution in [0.5, 0.6) is 0 Å². The molecule has 2 N–H and O–H groups in total. The van der Waals surface area contributed by atoms with Crippen molar-refractivity contribution in [2.75, 3.05) is 32.5 Å². The number of aromatic nitrogens is 2. The predicted octanol–water partition coefficient (Wildman–Crippen LogP) is 1.51. The molecule has 1 aromatic heterocycles. The van der Waals surface area contributed by atoms with Crippen LogP contribution in [0.3, 0.4) is 0 Å². The third-order valence-corrected chi connectivity index (χ3v) is 4.29. The van der Waals surface area contributed by atoms with Gasteiger partial charge in [0.25, 0.3) is 5.91 Å². The van der Waals surface area contributed by atoms with Crippen molar-refractivity contribution in [2.24, 2.45) is 0 Å². The van der Waals surface area contributed by atoms with Gasteiger partial charge in [-0.15, -0.1) is 0 Å². The van der Waals surface area contributed by atoms with E-state index in [-0.39, 0.29) is 11.4 Å². The molecule has 116 valence electrons. The molecule has 0 aromatic carbocycles. The first kappa shape index (κ1) is 15.7. The molecule has 0 spiro atoms. The Balaban J connectivity index is 1.99. The van der Waals surface area contributed by atoms with Crippen LogP contribution in [-0.2, 0) is 0 Å². The minimum absolute atomic E-state index is 0.0857. The van der Waals surface area contributed by atoms with Crippen molar-refractivity contribution in [3.63, 3.8) is 0 Å². The van der Waals surface area contributed by atoms with Gasteiger partial charge >= 0.3 is 0 Å². The second-order valence-corrected chi connectivity index (χ2v) is 5.83. The number of carbonyl (C=O) groups is 1. The van der Waals surface area contributed by atoms with Gasteiger partial charge < -0.3 is 15.5 Å². The van der Waals surface area contributed by atoms with Gasteiger partial charge in [-0.1, -0.05) is 12.8 Å². The SMILES string of the molecule is CCNc1cncc(C(=O)NCC2(N(C)C)CCCC2)n1. The Morgan fingerprint density at radius 3 is 2.67 bits per heavy atom. The van der Waals surface area contributed by atoms with E-state index < -0.39 is 0 Å². The zero-order valence-electron chi connectivity index (χ0n) is 13.1. The van der Waals surface area contributed by atoms with Gasteiger partial charge in [-0.05, 0) is 33.9 Å². The van der Waals surface area contributed by atoms with Crippen molar-refractivity contribution in [3.05, 3.63) is 18.1 Å². The molecule has 2 rings (SSSR count). The average Bonchev–Trinajstić information content (AvgIpc) is 2.96. The van der Waals surface area contributed by atoms with Gasteiger partial charge in [0.15, 0.2) is 0 Å². The molecule has 0 unspecified atom stereocenters. The van der Waals surface area contributed by atoms with Crippen molar-refractivity contribution in [2.45, 2.75) is 38.1 Å². The Labute approximate surface area is 126 Å². The fraction of sp³-hybridized carbons (Fsp3) is 0.667. The smallest absolute Gasteiger partial charge is 0.271 e. The minimum atomic E-state index is -0.157. The first-order valence-corrected chi connectivity index (χ1v) is 7.59. The van der Waals surface area contributed by atoms with Crippen LogP contribution in [0, 0.1) is 0 Å². The summed E-state index contributed by atoms with van der Waals surface area (Å²) in [5.41, 5.74) is 0.447. The maximum absolute atomic E-state index is 12.3. The van der Waals surface area contributed by atoms with Crippen LogP contribution in [0.25, 0.3) is 0 Å². The lowest BCUT2D eigenvalue weighted by molar-refractivity contribution is 0.0895. The van der Waals surface area contributed by atoms with Crippen LogP contribution >= 0.6 is 0 Å². The number of hydrogen-bond acceptors (Lipinski definition) is 5. The monoisotopic (exact) mass is 291 g/mol. The third-order valence-electron chi connectivity index (χ3n) is 4.29. The molecule has 6 nitrogen and oxygen atoms in total. The first-order chi connectivity index (χ1) is 10.1. The normalized spacial score (nSPS) is 17.0. The van der Waals surface area contributed by atoms with Crippen molar-refractivity contribution >= 4 is 11.7 Å². The van der Waals surface area contributed by atoms with E-state index in [1.165, 1.54) is 19.0 Å². The van der Waals surface area contributed by atoms with Crippen molar-refractivity contribution in [1.29, 1.82) is 0 Å². The topological polar surface area (TPSA) is 70.2 Å². The lowest BCUT2D eigenvalue weighted by Gasteiger charge is -2.36. The number of carbonyl (C=O) groups excluding carboxylic acids is 1. The molecule has 1 aromatic rings. The van der Waals surface area contributed by atoms with Gasteiger partial charge in [0.1, 0.15) is 11.5 Å². The molecule has 0 atom stereocenters. The Hall–Kier alpha value is -1.69. The van der Waals surface area contributed by atoms with Gasteiger partial charge in [0.2, 0.25) is 0 Å². The number of likely N-dealkylation sites (N-methyl/N-ethyl adjacent to an activating group) is 1. The van der Waals surface area contributed by atoms with Crippen LogP contribution in [0.2, 0.25) is 0 Å². The molecule has 1 aliphatic carbocycles. The molecule has 1 fully saturated rings. The van der Waals surface area contributed by atoms with Gasteiger partial charge in [-0.2, -0.15) is 0 Å². The van der Waals surface area contributed by atoms with E-state index in [2.05, 4.69) is 39.6 Å². The van der Waals surface area contributed by atoms with Gasteiger partial charge in [0.05, 0.1) is 12.4 Å². The Bertz CT molecular complexity index is 483. The zero-order valence-corrected chi connectivity index (χ0v) is 13.1. The average molecular weight is 291 g/mol. The quantitative estimate of drug-likeness (QED) is 0.831. The van der Waals surface area contributed by atoms with E-state index in [1.807, 2.05) is 6.92 Å². The van der Waals surface area contributed by atoms with E-state index in [9.17, 15) is 4.79 Å². The summed E-state index contributed by atoms with van der Waals surface area (Å²) in [4.78, 5) is 22.8. The fourth-order valence-electron chi connectivity index (χ4n) is 2.89. The van der Waals surface area contributed by atoms with Crippen LogP contribution in [0.4, 0.5) is 5.82 Å². The van der Waals surface area contributed by atoms with E-state index >= 15 is 0 Å². The molecule has 0 radical (unpaired) electrons. The molecule has 0 saturated heterocycles. The van der Waals surface area contributed by atoms with Gasteiger partial charge in [-0.25, -0.2) is 4.98 Å². The predicted molar refractivity (Wildman–Crippen MR) is 83.4 cm³/mol. The first-order valence-electron chi connectivity index (χ1n) is 7.59. The molecule has 1 aliphatic rings. The van der Waals surface area contributed by atoms with Crippen LogP contribution < -0.4 is 10.6 Å². The molecule has 1 amide bonds. The van der Waals surface area contributed by atoms with Crippen LogP contribution in [0.1, 0.15) is 43.1 Å². The summed E-state index contributed by atoms with van der Waals surface area (Å²) in [6.07, 6.45) is 7.84. The van der Waals surface area contributed by atoms with E-state index in [4.69, 9.17) is 0 Å². The molecule has 0 aliphatic heterocycles. The molecular formula is C15H25N5O. The summed E-state index contributed by atoms with van der Waals surface area (Å²) in [5.74, 6) is 0.476. The van der Waals surface area contributed by atoms with Crippen molar-refractivity contribution < 1.29 is 4.79 Å². The third kappa shape index (κ3) is 3.69. The Morgan fingerprint density at radius 2 is 2.05 bits per heavy atom. The standard InChI is InChI=1S/C15H25N5O/c1-4-17-13-10-16-9-12(19-13)14(21)18-11-15(20(2)3)7-5-6-8-15/h9-10H,4-8,11H2,1-3H3,(H,17,19)(H,18,21). The van der Waals surface area contributed by atoms with Crippen molar-refractivity contribution in [3.8, 4) is 0 Å². The maximum atomic E-state index is 12.3. The molecule has 6 heteroatoms. The number of anilines is 1. The highest BCUT2D eigenvalue weighted by Gasteiger charge is 2.36. The van der Waals surface area contributed by atoms with Crippen molar-refractivity contribution in [1.82, 2.24) is 20.2 Å². The number of nitrogens with zero attached hydrogens (tertiary/aromatic N) is 3. The summed E-state index contributed by atoms with van der Waals surface area (Å²) in [5, 5.41) is 6.09. The summed E-state index contributed by atoms with van der Waals surface area (Å²) in [7, 11) is 4.17. The summed E-state index contributed by atoms with van der Waals surface area (Å²) in [6.45, 7) is 3.39. The van der Waals surface area contributed by atoms with E-state index in [1.54, 1.807) is 6.20 Å². The summed E-state index contributed by atoms with van der Waals surface area (Å²) in [6, 6.07) is 0. The number of nitrogens with one attached hydrogen (secondary N) is 2. The molecule has 1 saturated carbocycles. The van der Waals surface area contributed by atoms with Gasteiger partial charge in [-0.3, -0.25) is 9.78 Å². The number of rotatable bonds is 6. The zero-order chi connectivity index (χ0) is 15.3. The highest BCUT2D eigenvalue weighted by atomic mass is 16.1. The Morgan fingerprint density at radius 1 is 1.33 bits per heavy atom. The maximum Gasteiger partial charge on any atom is 0.271 e. The lowest BCUT2D eigenvalue weighted by atomic mass is 9.96. The summed E-state index contributed by atoms with van der Waals surface area (Å²) < 4.78 is 0. The van der Waals surface area contributed by atoms with E-state index in [0.717, 1.165) is 19.4 Å². The number of amides is 1. The summed E-state index contributed by atoms with van der Waals surface area (Å²) >= 11 is 0.